The minimum absolute atomic E-state index is 0.318. The number of aromatic amines is 1. The topological polar surface area (TPSA) is 53.1 Å². The number of carbonyl (C=O) groups is 1. The lowest BCUT2D eigenvalue weighted by atomic mass is 10.1. The van der Waals surface area contributed by atoms with E-state index >= 15 is 0 Å². The molecule has 0 radical (unpaired) electrons. The zero-order valence-electron chi connectivity index (χ0n) is 7.47. The Hall–Kier alpha value is -1.29. The molecule has 0 fully saturated rings. The second-order valence-corrected chi connectivity index (χ2v) is 4.09. The lowest BCUT2D eigenvalue weighted by Crippen LogP contribution is -1.96. The highest BCUT2D eigenvalue weighted by atomic mass is 79.9. The van der Waals surface area contributed by atoms with Crippen molar-refractivity contribution in [1.82, 2.24) is 4.98 Å². The van der Waals surface area contributed by atoms with E-state index in [2.05, 4.69) is 20.9 Å². The minimum Gasteiger partial charge on any atom is -0.478 e. The van der Waals surface area contributed by atoms with E-state index in [9.17, 15) is 4.79 Å². The summed E-state index contributed by atoms with van der Waals surface area (Å²) in [5.74, 6) is -0.907. The Morgan fingerprint density at radius 2 is 2.14 bits per heavy atom. The van der Waals surface area contributed by atoms with Gasteiger partial charge in [-0.15, -0.1) is 0 Å². The van der Waals surface area contributed by atoms with E-state index in [4.69, 9.17) is 5.11 Å². The fourth-order valence-corrected chi connectivity index (χ4v) is 1.98. The molecule has 0 aliphatic carbocycles. The van der Waals surface area contributed by atoms with Crippen LogP contribution in [-0.4, -0.2) is 16.1 Å². The Morgan fingerprint density at radius 1 is 1.43 bits per heavy atom. The quantitative estimate of drug-likeness (QED) is 0.821. The molecule has 72 valence electrons. The summed E-state index contributed by atoms with van der Waals surface area (Å²) in [4.78, 5) is 14.0. The molecule has 1 heterocycles. The first-order valence-corrected chi connectivity index (χ1v) is 4.89. The standard InChI is InChI=1S/C10H8BrNO2/c1-5-2-7-8(10(13)14)3-6(11)4-9(7)12-5/h2-4,12H,1H3,(H,13,14). The molecule has 4 heteroatoms. The summed E-state index contributed by atoms with van der Waals surface area (Å²) in [6, 6.07) is 5.32. The van der Waals surface area contributed by atoms with Gasteiger partial charge in [0.1, 0.15) is 0 Å². The first kappa shape index (κ1) is 9.27. The summed E-state index contributed by atoms with van der Waals surface area (Å²) in [5.41, 5.74) is 2.12. The zero-order chi connectivity index (χ0) is 10.3. The molecule has 3 nitrogen and oxygen atoms in total. The van der Waals surface area contributed by atoms with E-state index in [-0.39, 0.29) is 0 Å². The summed E-state index contributed by atoms with van der Waals surface area (Å²) in [5, 5.41) is 9.73. The van der Waals surface area contributed by atoms with Crippen molar-refractivity contribution in [1.29, 1.82) is 0 Å². The molecule has 0 spiro atoms. The van der Waals surface area contributed by atoms with Crippen molar-refractivity contribution in [3.05, 3.63) is 33.9 Å². The van der Waals surface area contributed by atoms with Gasteiger partial charge in [0.25, 0.3) is 0 Å². The van der Waals surface area contributed by atoms with Crippen LogP contribution in [0, 0.1) is 6.92 Å². The third-order valence-corrected chi connectivity index (χ3v) is 2.53. The molecule has 2 rings (SSSR count). The highest BCUT2D eigenvalue weighted by Crippen LogP contribution is 2.24. The van der Waals surface area contributed by atoms with Gasteiger partial charge in [-0.3, -0.25) is 0 Å². The molecular formula is C10H8BrNO2. The Balaban J connectivity index is 2.85. The van der Waals surface area contributed by atoms with Gasteiger partial charge in [-0.1, -0.05) is 15.9 Å². The Morgan fingerprint density at radius 3 is 2.79 bits per heavy atom. The van der Waals surface area contributed by atoms with Crippen molar-refractivity contribution >= 4 is 32.8 Å². The van der Waals surface area contributed by atoms with Crippen molar-refractivity contribution in [2.75, 3.05) is 0 Å². The fourth-order valence-electron chi connectivity index (χ4n) is 1.52. The summed E-state index contributed by atoms with van der Waals surface area (Å²) in [6.45, 7) is 1.90. The maximum Gasteiger partial charge on any atom is 0.336 e. The number of aromatic nitrogens is 1. The number of carboxylic acid groups (broad SMARTS) is 1. The average Bonchev–Trinajstić information content (AvgIpc) is 2.42. The number of nitrogens with one attached hydrogen (secondary N) is 1. The molecular weight excluding hydrogens is 246 g/mol. The molecule has 0 aliphatic rings. The Bertz CT molecular complexity index is 516. The van der Waals surface area contributed by atoms with E-state index in [1.54, 1.807) is 6.07 Å². The molecule has 0 aliphatic heterocycles. The van der Waals surface area contributed by atoms with Gasteiger partial charge in [-0.05, 0) is 25.1 Å². The van der Waals surface area contributed by atoms with Gasteiger partial charge in [-0.25, -0.2) is 4.79 Å². The van der Waals surface area contributed by atoms with Gasteiger partial charge < -0.3 is 10.1 Å². The molecule has 1 aromatic carbocycles. The van der Waals surface area contributed by atoms with E-state index in [1.165, 1.54) is 0 Å². The van der Waals surface area contributed by atoms with Crippen LogP contribution in [0.5, 0.6) is 0 Å². The number of aryl methyl sites for hydroxylation is 1. The van der Waals surface area contributed by atoms with Crippen LogP contribution in [0.4, 0.5) is 0 Å². The molecule has 0 atom stereocenters. The Labute approximate surface area is 88.9 Å². The number of hydrogen-bond donors (Lipinski definition) is 2. The number of carboxylic acids is 1. The molecule has 0 saturated heterocycles. The summed E-state index contributed by atoms with van der Waals surface area (Å²) in [6.07, 6.45) is 0. The molecule has 0 amide bonds. The predicted molar refractivity (Wildman–Crippen MR) is 57.7 cm³/mol. The number of H-pyrrole nitrogens is 1. The smallest absolute Gasteiger partial charge is 0.336 e. The highest BCUT2D eigenvalue weighted by Gasteiger charge is 2.11. The van der Waals surface area contributed by atoms with Gasteiger partial charge in [0.2, 0.25) is 0 Å². The maximum absolute atomic E-state index is 10.9. The molecule has 0 unspecified atom stereocenters. The van der Waals surface area contributed by atoms with Crippen LogP contribution in [0.2, 0.25) is 0 Å². The molecule has 0 saturated carbocycles. The number of fused-ring (bicyclic) bond motifs is 1. The van der Waals surface area contributed by atoms with Gasteiger partial charge in [0, 0.05) is 21.1 Å². The number of benzene rings is 1. The maximum atomic E-state index is 10.9. The van der Waals surface area contributed by atoms with Crippen LogP contribution in [0.1, 0.15) is 16.1 Å². The molecule has 2 N–H and O–H groups in total. The zero-order valence-corrected chi connectivity index (χ0v) is 9.05. The van der Waals surface area contributed by atoms with Crippen molar-refractivity contribution in [3.63, 3.8) is 0 Å². The monoisotopic (exact) mass is 253 g/mol. The predicted octanol–water partition coefficient (Wildman–Crippen LogP) is 2.94. The van der Waals surface area contributed by atoms with Crippen LogP contribution in [0.25, 0.3) is 10.9 Å². The van der Waals surface area contributed by atoms with E-state index in [1.807, 2.05) is 19.1 Å². The third-order valence-electron chi connectivity index (χ3n) is 2.07. The molecule has 0 bridgehead atoms. The van der Waals surface area contributed by atoms with Gasteiger partial charge in [0.05, 0.1) is 5.56 Å². The fraction of sp³-hybridized carbons (Fsp3) is 0.100. The number of halogens is 1. The average molecular weight is 254 g/mol. The van der Waals surface area contributed by atoms with Crippen molar-refractivity contribution in [2.24, 2.45) is 0 Å². The van der Waals surface area contributed by atoms with E-state index in [0.717, 1.165) is 21.1 Å². The van der Waals surface area contributed by atoms with Gasteiger partial charge in [-0.2, -0.15) is 0 Å². The van der Waals surface area contributed by atoms with Gasteiger partial charge >= 0.3 is 5.97 Å². The normalized spacial score (nSPS) is 10.7. The van der Waals surface area contributed by atoms with E-state index in [0.29, 0.717) is 5.56 Å². The highest BCUT2D eigenvalue weighted by molar-refractivity contribution is 9.10. The SMILES string of the molecule is Cc1cc2c(C(=O)O)cc(Br)cc2[nH]1. The van der Waals surface area contributed by atoms with Crippen LogP contribution >= 0.6 is 15.9 Å². The first-order valence-electron chi connectivity index (χ1n) is 4.10. The third kappa shape index (κ3) is 1.42. The summed E-state index contributed by atoms with van der Waals surface area (Å²) in [7, 11) is 0. The first-order chi connectivity index (χ1) is 6.58. The van der Waals surface area contributed by atoms with Crippen molar-refractivity contribution < 1.29 is 9.90 Å². The Kier molecular flexibility index (Phi) is 2.07. The largest absolute Gasteiger partial charge is 0.478 e. The lowest BCUT2D eigenvalue weighted by molar-refractivity contribution is 0.0699. The van der Waals surface area contributed by atoms with E-state index < -0.39 is 5.97 Å². The molecule has 14 heavy (non-hydrogen) atoms. The number of hydrogen-bond acceptors (Lipinski definition) is 1. The van der Waals surface area contributed by atoms with Crippen molar-refractivity contribution in [3.8, 4) is 0 Å². The van der Waals surface area contributed by atoms with Gasteiger partial charge in [0.15, 0.2) is 0 Å². The second kappa shape index (κ2) is 3.13. The second-order valence-electron chi connectivity index (χ2n) is 3.17. The molecule has 1 aromatic heterocycles. The number of rotatable bonds is 1. The van der Waals surface area contributed by atoms with Crippen LogP contribution in [0.15, 0.2) is 22.7 Å². The van der Waals surface area contributed by atoms with Crippen LogP contribution in [-0.2, 0) is 0 Å². The van der Waals surface area contributed by atoms with Crippen molar-refractivity contribution in [2.45, 2.75) is 6.92 Å². The number of aromatic carboxylic acids is 1. The minimum atomic E-state index is -0.907. The summed E-state index contributed by atoms with van der Waals surface area (Å²) >= 11 is 3.28. The summed E-state index contributed by atoms with van der Waals surface area (Å²) < 4.78 is 0.768. The van der Waals surface area contributed by atoms with Crippen LogP contribution < -0.4 is 0 Å². The lowest BCUT2D eigenvalue weighted by Gasteiger charge is -1.98. The molecule has 2 aromatic rings. The van der Waals surface area contributed by atoms with Crippen LogP contribution in [0.3, 0.4) is 0 Å².